The van der Waals surface area contributed by atoms with E-state index in [1.165, 1.54) is 17.2 Å². The zero-order valence-electron chi connectivity index (χ0n) is 24.8. The van der Waals surface area contributed by atoms with E-state index in [0.717, 1.165) is 36.7 Å². The molecule has 5 heterocycles. The van der Waals surface area contributed by atoms with Crippen molar-refractivity contribution in [3.8, 4) is 22.9 Å². The van der Waals surface area contributed by atoms with Crippen molar-refractivity contribution >= 4 is 43.8 Å². The number of fused-ring (bicyclic) bond motifs is 2. The lowest BCUT2D eigenvalue weighted by molar-refractivity contribution is 0.0247. The summed E-state index contributed by atoms with van der Waals surface area (Å²) in [4.78, 5) is 8.06. The van der Waals surface area contributed by atoms with Crippen molar-refractivity contribution in [2.45, 2.75) is 56.4 Å². The molecule has 3 N–H and O–H groups in total. The van der Waals surface area contributed by atoms with E-state index in [1.807, 2.05) is 11.0 Å². The lowest BCUT2D eigenvalue weighted by Gasteiger charge is -2.31. The first-order chi connectivity index (χ1) is 22.6. The summed E-state index contributed by atoms with van der Waals surface area (Å²) in [6, 6.07) is 4.43. The quantitative estimate of drug-likeness (QED) is 0.324. The summed E-state index contributed by atoms with van der Waals surface area (Å²) in [6.07, 6.45) is 0.340. The highest BCUT2D eigenvalue weighted by atomic mass is 35.5. The molecule has 3 fully saturated rings. The Kier molecular flexibility index (Phi) is 7.23. The molecule has 8 rings (SSSR count). The fourth-order valence-electron chi connectivity index (χ4n) is 7.41. The van der Waals surface area contributed by atoms with Gasteiger partial charge in [-0.3, -0.25) is 9.89 Å². The van der Waals surface area contributed by atoms with Crippen LogP contribution in [0.1, 0.15) is 37.7 Å². The molecule has 0 radical (unpaired) electrons. The van der Waals surface area contributed by atoms with E-state index in [0.29, 0.717) is 13.0 Å². The van der Waals surface area contributed by atoms with Crippen LogP contribution in [-0.2, 0) is 4.74 Å². The number of nitrogen functional groups attached to an aromatic ring is 1. The van der Waals surface area contributed by atoms with Gasteiger partial charge < -0.3 is 25.4 Å². The van der Waals surface area contributed by atoms with Gasteiger partial charge in [0.25, 0.3) is 6.43 Å². The van der Waals surface area contributed by atoms with Gasteiger partial charge in [-0.15, -0.1) is 11.3 Å². The molecule has 1 aliphatic carbocycles. The minimum Gasteiger partial charge on any atom is -0.462 e. The summed E-state index contributed by atoms with van der Waals surface area (Å²) in [5.74, 6) is -2.08. The number of anilines is 1. The number of ether oxygens (including phenoxy) is 2. The number of alkyl halides is 3. The topological polar surface area (TPSA) is 99.1 Å². The maximum atomic E-state index is 17.1. The van der Waals surface area contributed by atoms with Gasteiger partial charge in [-0.05, 0) is 49.8 Å². The molecule has 2 aromatic carbocycles. The Bertz CT molecular complexity index is 2030. The van der Waals surface area contributed by atoms with Crippen LogP contribution in [0.4, 0.5) is 27.0 Å². The van der Waals surface area contributed by atoms with Crippen LogP contribution in [0.3, 0.4) is 0 Å². The molecule has 0 amide bonds. The molecular formula is C32H28ClF5N6O2S. The fraction of sp³-hybridized carbons (Fsp3) is 0.438. The van der Waals surface area contributed by atoms with Crippen molar-refractivity contribution in [2.75, 3.05) is 32.0 Å². The number of nitrogens with two attached hydrogens (primary N) is 1. The van der Waals surface area contributed by atoms with Gasteiger partial charge in [0, 0.05) is 23.9 Å². The van der Waals surface area contributed by atoms with Gasteiger partial charge in [-0.25, -0.2) is 22.0 Å². The number of benzene rings is 2. The van der Waals surface area contributed by atoms with Gasteiger partial charge in [-0.2, -0.15) is 5.26 Å². The molecule has 3 aromatic rings. The number of rotatable bonds is 7. The van der Waals surface area contributed by atoms with Gasteiger partial charge >= 0.3 is 5.95 Å². The molecule has 0 spiro atoms. The Hall–Kier alpha value is -3.80. The van der Waals surface area contributed by atoms with Gasteiger partial charge in [0.2, 0.25) is 0 Å². The highest BCUT2D eigenvalue weighted by Gasteiger charge is 2.49. The van der Waals surface area contributed by atoms with Crippen molar-refractivity contribution < 1.29 is 31.4 Å². The third kappa shape index (κ3) is 4.88. The number of hydrogen-bond acceptors (Lipinski definition) is 9. The standard InChI is InChI=1S/C32H28ClF5N6O2S/c33-24-22(16-4-5-18(35)28-21(16)17(9-39)29(40)47-28)25(38)27-23-26(24)41-30(14-2-3-14)42-31(23)43(11-19(36)37)12-20(46-27)45-13-32-6-1-7-44(32)10-15(34)8-32/h4-5,12,14-15,19,30,42H,1-3,6-8,10-11,13,40H2/t15-,30?,32+/m1/s1. The Morgan fingerprint density at radius 3 is 2.85 bits per heavy atom. The number of hydrogen-bond donors (Lipinski definition) is 2. The molecule has 3 atom stereocenters. The van der Waals surface area contributed by atoms with E-state index in [-0.39, 0.29) is 84.6 Å². The molecule has 15 heteroatoms. The highest BCUT2D eigenvalue weighted by Crippen LogP contribution is 2.45. The number of nitrogens with zero attached hydrogens (tertiary/aromatic N) is 4. The first kappa shape index (κ1) is 30.5. The molecule has 8 nitrogen and oxygen atoms in total. The summed E-state index contributed by atoms with van der Waals surface area (Å²) in [5.41, 5.74) is 5.31. The number of nitriles is 1. The van der Waals surface area contributed by atoms with Gasteiger partial charge in [-0.1, -0.05) is 17.7 Å². The molecule has 246 valence electrons. The summed E-state index contributed by atoms with van der Waals surface area (Å²) < 4.78 is 87.0. The first-order valence-corrected chi connectivity index (χ1v) is 16.5. The Morgan fingerprint density at radius 1 is 1.30 bits per heavy atom. The Morgan fingerprint density at radius 2 is 2.11 bits per heavy atom. The van der Waals surface area contributed by atoms with Crippen LogP contribution in [0.25, 0.3) is 27.0 Å². The van der Waals surface area contributed by atoms with E-state index in [1.54, 1.807) is 0 Å². The molecule has 2 saturated heterocycles. The molecule has 5 aliphatic rings. The first-order valence-electron chi connectivity index (χ1n) is 15.4. The largest absolute Gasteiger partial charge is 0.462 e. The zero-order valence-corrected chi connectivity index (χ0v) is 26.3. The van der Waals surface area contributed by atoms with Crippen molar-refractivity contribution in [3.63, 3.8) is 0 Å². The normalized spacial score (nSPS) is 25.1. The van der Waals surface area contributed by atoms with Crippen molar-refractivity contribution in [3.05, 3.63) is 57.1 Å². The predicted molar refractivity (Wildman–Crippen MR) is 166 cm³/mol. The summed E-state index contributed by atoms with van der Waals surface area (Å²) in [6.45, 7) is 0.207. The van der Waals surface area contributed by atoms with Crippen LogP contribution in [0.15, 0.2) is 29.3 Å². The van der Waals surface area contributed by atoms with Crippen LogP contribution >= 0.6 is 22.9 Å². The van der Waals surface area contributed by atoms with Crippen molar-refractivity contribution in [1.82, 2.24) is 15.1 Å². The lowest BCUT2D eigenvalue weighted by Crippen LogP contribution is -2.49. The van der Waals surface area contributed by atoms with Gasteiger partial charge in [0.1, 0.15) is 41.7 Å². The van der Waals surface area contributed by atoms with Gasteiger partial charge in [0.15, 0.2) is 11.6 Å². The van der Waals surface area contributed by atoms with E-state index in [9.17, 15) is 22.8 Å². The zero-order chi connectivity index (χ0) is 32.8. The summed E-state index contributed by atoms with van der Waals surface area (Å²) >= 11 is 7.85. The second-order valence-electron chi connectivity index (χ2n) is 12.7. The molecule has 0 bridgehead atoms. The Balaban J connectivity index is 1.34. The van der Waals surface area contributed by atoms with Crippen LogP contribution in [0.2, 0.25) is 5.02 Å². The fourth-order valence-corrected chi connectivity index (χ4v) is 8.69. The molecule has 1 unspecified atom stereocenters. The number of thiophene rings is 1. The monoisotopic (exact) mass is 690 g/mol. The Labute approximate surface area is 274 Å². The minimum absolute atomic E-state index is 0.00214. The molecule has 47 heavy (non-hydrogen) atoms. The minimum atomic E-state index is -2.79. The highest BCUT2D eigenvalue weighted by molar-refractivity contribution is 7.23. The average Bonchev–Trinajstić information content (AvgIpc) is 3.66. The molecule has 1 saturated carbocycles. The molecule has 4 aliphatic heterocycles. The van der Waals surface area contributed by atoms with Crippen LogP contribution in [-0.4, -0.2) is 60.3 Å². The lowest BCUT2D eigenvalue weighted by atomic mass is 9.95. The summed E-state index contributed by atoms with van der Waals surface area (Å²) in [5, 5.41) is 13.2. The average molecular weight is 691 g/mol. The number of halogens is 6. The third-order valence-electron chi connectivity index (χ3n) is 9.70. The SMILES string of the molecule is N#Cc1c(N)sc2c(F)ccc(-c3c(F)c4c5c(c3Cl)=NC(C3CC3)NC=5N(CC(F)F)C=C(OC[C@@]35CCCN3C[C@H](F)C5)O4)c12. The predicted octanol–water partition coefficient (Wildman–Crippen LogP) is 5.33. The van der Waals surface area contributed by atoms with E-state index in [2.05, 4.69) is 5.32 Å². The second kappa shape index (κ2) is 11.1. The van der Waals surface area contributed by atoms with E-state index < -0.39 is 48.2 Å². The van der Waals surface area contributed by atoms with E-state index >= 15 is 4.39 Å². The van der Waals surface area contributed by atoms with Crippen LogP contribution in [0, 0.1) is 28.9 Å². The molecule has 1 aromatic heterocycles. The smallest absolute Gasteiger partial charge is 0.302 e. The third-order valence-corrected chi connectivity index (χ3v) is 11.1. The van der Waals surface area contributed by atoms with Crippen molar-refractivity contribution in [2.24, 2.45) is 10.9 Å². The maximum Gasteiger partial charge on any atom is 0.302 e. The van der Waals surface area contributed by atoms with Crippen molar-refractivity contribution in [1.29, 1.82) is 5.26 Å². The molecular weight excluding hydrogens is 663 g/mol. The second-order valence-corrected chi connectivity index (χ2v) is 14.1. The van der Waals surface area contributed by atoms with Gasteiger partial charge in [0.05, 0.1) is 44.1 Å². The van der Waals surface area contributed by atoms with Crippen LogP contribution in [0.5, 0.6) is 5.75 Å². The van der Waals surface area contributed by atoms with Crippen LogP contribution < -0.4 is 26.4 Å². The summed E-state index contributed by atoms with van der Waals surface area (Å²) in [7, 11) is 0. The number of nitrogens with one attached hydrogen (secondary N) is 1. The maximum absolute atomic E-state index is 17.1. The van der Waals surface area contributed by atoms with E-state index in [4.69, 9.17) is 31.8 Å².